The number of ether oxygens (including phenoxy) is 1. The lowest BCUT2D eigenvalue weighted by Gasteiger charge is -2.18. The second-order valence-electron chi connectivity index (χ2n) is 6.49. The number of carbonyl (C=O) groups excluding carboxylic acids is 1. The summed E-state index contributed by atoms with van der Waals surface area (Å²) in [5.74, 6) is 0.425. The second kappa shape index (κ2) is 7.36. The van der Waals surface area contributed by atoms with E-state index >= 15 is 0 Å². The normalized spacial score (nSPS) is 13.9. The molecular weight excluding hydrogens is 336 g/mol. The molecule has 2 aromatic carbocycles. The third-order valence-electron chi connectivity index (χ3n) is 4.61. The fourth-order valence-electron chi connectivity index (χ4n) is 3.15. The highest BCUT2D eigenvalue weighted by molar-refractivity contribution is 6.31. The summed E-state index contributed by atoms with van der Waals surface area (Å²) < 4.78 is 5.31. The molecule has 0 unspecified atom stereocenters. The monoisotopic (exact) mass is 358 g/mol. The standard InChI is InChI=1S/C20H23ClN2O2/c1-12-9-18(19(25-3)11-17(12)21)23-20(24)13(2)22-16-8-7-14-5-4-6-15(14)10-16/h7-11,13,22H,4-6H2,1-3H3,(H,23,24)/t13-/m0/s1. The number of amides is 1. The SMILES string of the molecule is COc1cc(Cl)c(C)cc1NC(=O)[C@H](C)Nc1ccc2c(c1)CCC2. The van der Waals surface area contributed by atoms with Gasteiger partial charge in [0.25, 0.3) is 0 Å². The van der Waals surface area contributed by atoms with Gasteiger partial charge in [-0.1, -0.05) is 17.7 Å². The van der Waals surface area contributed by atoms with Crippen molar-refractivity contribution in [1.29, 1.82) is 0 Å². The van der Waals surface area contributed by atoms with E-state index in [1.54, 1.807) is 13.2 Å². The van der Waals surface area contributed by atoms with Gasteiger partial charge < -0.3 is 15.4 Å². The minimum absolute atomic E-state index is 0.125. The van der Waals surface area contributed by atoms with Gasteiger partial charge in [-0.05, 0) is 68.0 Å². The van der Waals surface area contributed by atoms with Crippen LogP contribution in [0.25, 0.3) is 0 Å². The van der Waals surface area contributed by atoms with Crippen molar-refractivity contribution in [3.63, 3.8) is 0 Å². The fraction of sp³-hybridized carbons (Fsp3) is 0.350. The molecule has 1 aliphatic rings. The maximum atomic E-state index is 12.6. The third kappa shape index (κ3) is 3.90. The largest absolute Gasteiger partial charge is 0.495 e. The van der Waals surface area contributed by atoms with E-state index in [0.717, 1.165) is 24.1 Å². The molecule has 1 atom stereocenters. The summed E-state index contributed by atoms with van der Waals surface area (Å²) in [6, 6.07) is 9.51. The lowest BCUT2D eigenvalue weighted by molar-refractivity contribution is -0.116. The van der Waals surface area contributed by atoms with Crippen LogP contribution in [0.15, 0.2) is 30.3 Å². The zero-order valence-corrected chi connectivity index (χ0v) is 15.5. The van der Waals surface area contributed by atoms with Crippen molar-refractivity contribution in [2.45, 2.75) is 39.2 Å². The van der Waals surface area contributed by atoms with Crippen molar-refractivity contribution in [3.8, 4) is 5.75 Å². The van der Waals surface area contributed by atoms with Gasteiger partial charge in [-0.15, -0.1) is 0 Å². The van der Waals surface area contributed by atoms with Gasteiger partial charge in [-0.25, -0.2) is 0 Å². The van der Waals surface area contributed by atoms with Gasteiger partial charge >= 0.3 is 0 Å². The molecule has 3 rings (SSSR count). The smallest absolute Gasteiger partial charge is 0.246 e. The number of nitrogens with one attached hydrogen (secondary N) is 2. The Morgan fingerprint density at radius 3 is 2.72 bits per heavy atom. The van der Waals surface area contributed by atoms with Crippen LogP contribution in [0.5, 0.6) is 5.75 Å². The van der Waals surface area contributed by atoms with Crippen LogP contribution in [0.3, 0.4) is 0 Å². The summed E-state index contributed by atoms with van der Waals surface area (Å²) in [6.07, 6.45) is 3.48. The topological polar surface area (TPSA) is 50.4 Å². The molecule has 2 N–H and O–H groups in total. The average Bonchev–Trinajstić information content (AvgIpc) is 3.05. The van der Waals surface area contributed by atoms with Gasteiger partial charge in [0.1, 0.15) is 11.8 Å². The van der Waals surface area contributed by atoms with Crippen LogP contribution in [-0.2, 0) is 17.6 Å². The van der Waals surface area contributed by atoms with Crippen molar-refractivity contribution in [3.05, 3.63) is 52.0 Å². The summed E-state index contributed by atoms with van der Waals surface area (Å²) in [5, 5.41) is 6.80. The molecule has 0 bridgehead atoms. The molecule has 0 heterocycles. The summed E-state index contributed by atoms with van der Waals surface area (Å²) in [5.41, 5.74) is 5.29. The number of benzene rings is 2. The molecule has 5 heteroatoms. The highest BCUT2D eigenvalue weighted by Gasteiger charge is 2.17. The number of rotatable bonds is 5. The maximum absolute atomic E-state index is 12.6. The van der Waals surface area contributed by atoms with Crippen LogP contribution >= 0.6 is 11.6 Å². The van der Waals surface area contributed by atoms with E-state index < -0.39 is 0 Å². The molecule has 4 nitrogen and oxygen atoms in total. The van der Waals surface area contributed by atoms with Crippen molar-refractivity contribution in [1.82, 2.24) is 0 Å². The minimum atomic E-state index is -0.375. The summed E-state index contributed by atoms with van der Waals surface area (Å²) in [7, 11) is 1.56. The number of aryl methyl sites for hydroxylation is 3. The summed E-state index contributed by atoms with van der Waals surface area (Å²) in [6.45, 7) is 3.74. The molecule has 1 amide bonds. The Morgan fingerprint density at radius 1 is 1.20 bits per heavy atom. The number of hydrogen-bond acceptors (Lipinski definition) is 3. The van der Waals surface area contributed by atoms with Crippen molar-refractivity contribution in [2.75, 3.05) is 17.7 Å². The molecule has 0 spiro atoms. The van der Waals surface area contributed by atoms with Crippen LogP contribution in [0.1, 0.15) is 30.0 Å². The highest BCUT2D eigenvalue weighted by Crippen LogP contribution is 2.31. The quantitative estimate of drug-likeness (QED) is 0.822. The number of methoxy groups -OCH3 is 1. The molecule has 0 fully saturated rings. The Kier molecular flexibility index (Phi) is 5.19. The zero-order chi connectivity index (χ0) is 18.0. The lowest BCUT2D eigenvalue weighted by Crippen LogP contribution is -2.32. The van der Waals surface area contributed by atoms with Gasteiger partial charge in [-0.3, -0.25) is 4.79 Å². The lowest BCUT2D eigenvalue weighted by atomic mass is 10.1. The van der Waals surface area contributed by atoms with E-state index in [1.807, 2.05) is 26.0 Å². The third-order valence-corrected chi connectivity index (χ3v) is 5.02. The van der Waals surface area contributed by atoms with Crippen LogP contribution in [0.4, 0.5) is 11.4 Å². The van der Waals surface area contributed by atoms with Crippen LogP contribution in [0, 0.1) is 6.92 Å². The Bertz CT molecular complexity index is 805. The van der Waals surface area contributed by atoms with Crippen LogP contribution < -0.4 is 15.4 Å². The molecule has 0 aliphatic heterocycles. The number of hydrogen-bond donors (Lipinski definition) is 2. The predicted molar refractivity (Wildman–Crippen MR) is 103 cm³/mol. The Labute approximate surface area is 153 Å². The molecule has 25 heavy (non-hydrogen) atoms. The number of halogens is 1. The van der Waals surface area contributed by atoms with Crippen molar-refractivity contribution in [2.24, 2.45) is 0 Å². The number of fused-ring (bicyclic) bond motifs is 1. The van der Waals surface area contributed by atoms with E-state index in [2.05, 4.69) is 22.8 Å². The fourth-order valence-corrected chi connectivity index (χ4v) is 3.30. The zero-order valence-electron chi connectivity index (χ0n) is 14.8. The Morgan fingerprint density at radius 2 is 1.96 bits per heavy atom. The van der Waals surface area contributed by atoms with Crippen LogP contribution in [0.2, 0.25) is 5.02 Å². The molecule has 0 saturated heterocycles. The first-order chi connectivity index (χ1) is 12.0. The first kappa shape index (κ1) is 17.6. The van der Waals surface area contributed by atoms with E-state index in [9.17, 15) is 4.79 Å². The van der Waals surface area contributed by atoms with E-state index in [-0.39, 0.29) is 11.9 Å². The minimum Gasteiger partial charge on any atom is -0.495 e. The van der Waals surface area contributed by atoms with Gasteiger partial charge in [0.2, 0.25) is 5.91 Å². The number of carbonyl (C=O) groups is 1. The van der Waals surface area contributed by atoms with Gasteiger partial charge in [0.15, 0.2) is 0 Å². The molecule has 2 aromatic rings. The molecule has 1 aliphatic carbocycles. The molecule has 132 valence electrons. The maximum Gasteiger partial charge on any atom is 0.246 e. The summed E-state index contributed by atoms with van der Waals surface area (Å²) >= 11 is 6.11. The van der Waals surface area contributed by atoms with E-state index in [4.69, 9.17) is 16.3 Å². The molecular formula is C20H23ClN2O2. The molecule has 0 radical (unpaired) electrons. The van der Waals surface area contributed by atoms with Crippen LogP contribution in [-0.4, -0.2) is 19.1 Å². The van der Waals surface area contributed by atoms with Crippen molar-refractivity contribution >= 4 is 28.9 Å². The number of anilines is 2. The Balaban J connectivity index is 1.70. The van der Waals surface area contributed by atoms with Gasteiger partial charge in [-0.2, -0.15) is 0 Å². The van der Waals surface area contributed by atoms with Gasteiger partial charge in [0, 0.05) is 16.8 Å². The Hall–Kier alpha value is -2.20. The second-order valence-corrected chi connectivity index (χ2v) is 6.90. The first-order valence-corrected chi connectivity index (χ1v) is 8.89. The highest BCUT2D eigenvalue weighted by atomic mass is 35.5. The summed E-state index contributed by atoms with van der Waals surface area (Å²) in [4.78, 5) is 12.6. The average molecular weight is 359 g/mol. The molecule has 0 aromatic heterocycles. The van der Waals surface area contributed by atoms with E-state index in [1.165, 1.54) is 17.5 Å². The first-order valence-electron chi connectivity index (χ1n) is 8.51. The van der Waals surface area contributed by atoms with E-state index in [0.29, 0.717) is 16.5 Å². The molecule has 0 saturated carbocycles. The predicted octanol–water partition coefficient (Wildman–Crippen LogP) is 4.58. The van der Waals surface area contributed by atoms with Gasteiger partial charge in [0.05, 0.1) is 12.8 Å². The van der Waals surface area contributed by atoms with Crippen molar-refractivity contribution < 1.29 is 9.53 Å².